The minimum Gasteiger partial charge on any atom is -0.135 e. The van der Waals surface area contributed by atoms with Crippen molar-refractivity contribution in [3.63, 3.8) is 0 Å². The molecule has 0 spiro atoms. The van der Waals surface area contributed by atoms with E-state index in [1.54, 1.807) is 0 Å². The van der Waals surface area contributed by atoms with Crippen LogP contribution in [0.15, 0.2) is 158 Å². The van der Waals surface area contributed by atoms with Crippen LogP contribution in [0, 0.1) is 0 Å². The maximum Gasteiger partial charge on any atom is 0.0440 e. The molecule has 0 saturated heterocycles. The van der Waals surface area contributed by atoms with Crippen LogP contribution in [0.5, 0.6) is 0 Å². The van der Waals surface area contributed by atoms with Gasteiger partial charge in [-0.05, 0) is 90.3 Å². The fourth-order valence-corrected chi connectivity index (χ4v) is 10.5. The van der Waals surface area contributed by atoms with E-state index in [-0.39, 0.29) is 0 Å². The first-order chi connectivity index (χ1) is 23.8. The molecular weight excluding hydrogens is 617 g/mol. The van der Waals surface area contributed by atoms with E-state index in [0.29, 0.717) is 0 Å². The monoisotopic (exact) mass is 642 g/mol. The van der Waals surface area contributed by atoms with Crippen LogP contribution in [0.2, 0.25) is 0 Å². The smallest absolute Gasteiger partial charge is 0.0440 e. The molecular formula is C46H26S2. The zero-order chi connectivity index (χ0) is 31.3. The lowest BCUT2D eigenvalue weighted by molar-refractivity contribution is 1.70. The van der Waals surface area contributed by atoms with Crippen molar-refractivity contribution in [1.82, 2.24) is 0 Å². The molecule has 0 aliphatic carbocycles. The number of fused-ring (bicyclic) bond motifs is 13. The molecule has 48 heavy (non-hydrogen) atoms. The van der Waals surface area contributed by atoms with Crippen molar-refractivity contribution in [2.24, 2.45) is 0 Å². The predicted octanol–water partition coefficient (Wildman–Crippen LogP) is 14.4. The summed E-state index contributed by atoms with van der Waals surface area (Å²) in [7, 11) is 0. The highest BCUT2D eigenvalue weighted by molar-refractivity contribution is 7.27. The third-order valence-corrected chi connectivity index (χ3v) is 12.6. The molecule has 11 aromatic rings. The number of thiophene rings is 2. The fourth-order valence-electron chi connectivity index (χ4n) is 8.19. The Morgan fingerprint density at radius 2 is 0.688 bits per heavy atom. The molecule has 0 radical (unpaired) electrons. The van der Waals surface area contributed by atoms with E-state index in [1.807, 2.05) is 22.7 Å². The van der Waals surface area contributed by atoms with Gasteiger partial charge in [0, 0.05) is 45.7 Å². The summed E-state index contributed by atoms with van der Waals surface area (Å²) in [6.07, 6.45) is 0. The van der Waals surface area contributed by atoms with Crippen molar-refractivity contribution in [2.45, 2.75) is 0 Å². The number of hydrogen-bond donors (Lipinski definition) is 0. The standard InChI is InChI=1S/C46H26S2/c1-3-14-32-29(11-1)30-12-2-8-19-37(30)46-45(32)39-26-28(22-24-42(39)48-46)44-35-17-6-4-15-33(35)43(34-16-5-7-18-36(34)44)27-21-23-41-38(25-27)31-13-9-10-20-40(31)47-41/h1-26H. The summed E-state index contributed by atoms with van der Waals surface area (Å²) in [5.41, 5.74) is 5.14. The van der Waals surface area contributed by atoms with E-state index >= 15 is 0 Å². The summed E-state index contributed by atoms with van der Waals surface area (Å²) in [5, 5.41) is 15.8. The Morgan fingerprint density at radius 1 is 0.271 bits per heavy atom. The summed E-state index contributed by atoms with van der Waals surface area (Å²) in [4.78, 5) is 0. The van der Waals surface area contributed by atoms with Crippen LogP contribution < -0.4 is 0 Å². The van der Waals surface area contributed by atoms with Gasteiger partial charge in [0.15, 0.2) is 0 Å². The largest absolute Gasteiger partial charge is 0.135 e. The number of benzene rings is 9. The van der Waals surface area contributed by atoms with Crippen LogP contribution >= 0.6 is 22.7 Å². The molecule has 0 aliphatic heterocycles. The first kappa shape index (κ1) is 26.5. The van der Waals surface area contributed by atoms with Gasteiger partial charge < -0.3 is 0 Å². The van der Waals surface area contributed by atoms with Gasteiger partial charge in [0.05, 0.1) is 0 Å². The average molecular weight is 643 g/mol. The van der Waals surface area contributed by atoms with Gasteiger partial charge in [0.2, 0.25) is 0 Å². The number of hydrogen-bond acceptors (Lipinski definition) is 2. The third-order valence-electron chi connectivity index (χ3n) is 10.2. The first-order valence-corrected chi connectivity index (χ1v) is 18.1. The molecule has 0 atom stereocenters. The number of rotatable bonds is 2. The molecule has 2 aromatic heterocycles. The lowest BCUT2D eigenvalue weighted by Crippen LogP contribution is -1.90. The molecule has 11 rings (SSSR count). The second kappa shape index (κ2) is 9.98. The van der Waals surface area contributed by atoms with Gasteiger partial charge in [0.25, 0.3) is 0 Å². The van der Waals surface area contributed by atoms with Crippen LogP contribution in [0.25, 0.3) is 106 Å². The second-order valence-corrected chi connectivity index (χ2v) is 14.9. The predicted molar refractivity (Wildman–Crippen MR) is 213 cm³/mol. The Balaban J connectivity index is 1.23. The molecule has 0 unspecified atom stereocenters. The summed E-state index contributed by atoms with van der Waals surface area (Å²) < 4.78 is 5.38. The highest BCUT2D eigenvalue weighted by Crippen LogP contribution is 2.48. The van der Waals surface area contributed by atoms with Crippen molar-refractivity contribution in [3.8, 4) is 22.3 Å². The summed E-state index contributed by atoms with van der Waals surface area (Å²) >= 11 is 3.80. The minimum absolute atomic E-state index is 1.26. The molecule has 0 saturated carbocycles. The minimum atomic E-state index is 1.26. The van der Waals surface area contributed by atoms with E-state index in [4.69, 9.17) is 0 Å². The van der Waals surface area contributed by atoms with Crippen LogP contribution in [0.4, 0.5) is 0 Å². The molecule has 0 bridgehead atoms. The van der Waals surface area contributed by atoms with Crippen molar-refractivity contribution in [1.29, 1.82) is 0 Å². The Morgan fingerprint density at radius 3 is 1.29 bits per heavy atom. The normalized spacial score (nSPS) is 12.2. The fraction of sp³-hybridized carbons (Fsp3) is 0. The molecule has 0 fully saturated rings. The third kappa shape index (κ3) is 3.65. The molecule has 0 amide bonds. The van der Waals surface area contributed by atoms with Gasteiger partial charge in [0.1, 0.15) is 0 Å². The quantitative estimate of drug-likeness (QED) is 0.130. The molecule has 9 aromatic carbocycles. The maximum atomic E-state index is 2.47. The molecule has 0 N–H and O–H groups in total. The van der Waals surface area contributed by atoms with E-state index in [1.165, 1.54) is 106 Å². The molecule has 0 nitrogen and oxygen atoms in total. The molecule has 2 heteroatoms. The molecule has 0 aliphatic rings. The maximum absolute atomic E-state index is 2.47. The Kier molecular flexibility index (Phi) is 5.51. The van der Waals surface area contributed by atoms with E-state index in [9.17, 15) is 0 Å². The van der Waals surface area contributed by atoms with Crippen LogP contribution in [0.1, 0.15) is 0 Å². The van der Waals surface area contributed by atoms with E-state index in [2.05, 4.69) is 158 Å². The first-order valence-electron chi connectivity index (χ1n) is 16.4. The van der Waals surface area contributed by atoms with Crippen LogP contribution in [-0.4, -0.2) is 0 Å². The lowest BCUT2D eigenvalue weighted by Gasteiger charge is -2.18. The summed E-state index contributed by atoms with van der Waals surface area (Å²) in [6.45, 7) is 0. The highest BCUT2D eigenvalue weighted by atomic mass is 32.1. The van der Waals surface area contributed by atoms with Gasteiger partial charge in [-0.1, -0.05) is 127 Å². The van der Waals surface area contributed by atoms with E-state index in [0.717, 1.165) is 0 Å². The second-order valence-electron chi connectivity index (χ2n) is 12.8. The van der Waals surface area contributed by atoms with Gasteiger partial charge >= 0.3 is 0 Å². The Bertz CT molecular complexity index is 3060. The zero-order valence-electron chi connectivity index (χ0n) is 25.8. The Hall–Kier alpha value is -5.54. The zero-order valence-corrected chi connectivity index (χ0v) is 27.5. The SMILES string of the molecule is c1ccc2c(c1)sc1ccc(-c3c4ccccc4c(-c4ccc5sc6c7ccccc7c7ccccc7c6c5c4)c4ccccc34)cc12. The van der Waals surface area contributed by atoms with Crippen LogP contribution in [-0.2, 0) is 0 Å². The molecule has 222 valence electrons. The lowest BCUT2D eigenvalue weighted by atomic mass is 9.85. The average Bonchev–Trinajstić information content (AvgIpc) is 3.72. The van der Waals surface area contributed by atoms with Crippen molar-refractivity contribution in [2.75, 3.05) is 0 Å². The van der Waals surface area contributed by atoms with Crippen molar-refractivity contribution < 1.29 is 0 Å². The highest BCUT2D eigenvalue weighted by Gasteiger charge is 2.19. The van der Waals surface area contributed by atoms with Gasteiger partial charge in [-0.25, -0.2) is 0 Å². The van der Waals surface area contributed by atoms with Crippen LogP contribution in [0.3, 0.4) is 0 Å². The van der Waals surface area contributed by atoms with Gasteiger partial charge in [-0.2, -0.15) is 0 Å². The van der Waals surface area contributed by atoms with Gasteiger partial charge in [-0.15, -0.1) is 22.7 Å². The van der Waals surface area contributed by atoms with Crippen molar-refractivity contribution >= 4 is 106 Å². The molecule has 2 heterocycles. The summed E-state index contributed by atoms with van der Waals surface area (Å²) in [6, 6.07) is 58.8. The van der Waals surface area contributed by atoms with E-state index < -0.39 is 0 Å². The van der Waals surface area contributed by atoms with Gasteiger partial charge in [-0.3, -0.25) is 0 Å². The topological polar surface area (TPSA) is 0 Å². The Labute approximate surface area is 284 Å². The van der Waals surface area contributed by atoms with Crippen molar-refractivity contribution in [3.05, 3.63) is 158 Å². The summed E-state index contributed by atoms with van der Waals surface area (Å²) in [5.74, 6) is 0.